The van der Waals surface area contributed by atoms with E-state index in [1.54, 1.807) is 19.3 Å². The number of nitro groups is 1. The molecule has 2 atom stereocenters. The molecule has 1 aliphatic heterocycles. The monoisotopic (exact) mass is 418 g/mol. The first-order chi connectivity index (χ1) is 13.7. The van der Waals surface area contributed by atoms with E-state index in [4.69, 9.17) is 9.47 Å². The van der Waals surface area contributed by atoms with E-state index in [0.29, 0.717) is 17.9 Å². The number of ether oxygens (including phenoxy) is 2. The zero-order chi connectivity index (χ0) is 21.3. The van der Waals surface area contributed by atoms with Gasteiger partial charge in [0.25, 0.3) is 5.69 Å². The summed E-state index contributed by atoms with van der Waals surface area (Å²) in [5.41, 5.74) is 1.55. The summed E-state index contributed by atoms with van der Waals surface area (Å²) in [7, 11) is -0.859. The van der Waals surface area contributed by atoms with Gasteiger partial charge in [-0.25, -0.2) is 8.42 Å². The molecule has 3 rings (SSSR count). The third-order valence-electron chi connectivity index (χ3n) is 5.03. The molecule has 2 aromatic rings. The van der Waals surface area contributed by atoms with E-state index in [-0.39, 0.29) is 16.6 Å². The molecule has 9 heteroatoms. The fraction of sp³-hybridized carbons (Fsp3) is 0.300. The fourth-order valence-electron chi connectivity index (χ4n) is 3.69. The smallest absolute Gasteiger partial charge is 0.269 e. The van der Waals surface area contributed by atoms with Gasteiger partial charge in [-0.3, -0.25) is 10.1 Å². The van der Waals surface area contributed by atoms with Crippen molar-refractivity contribution in [3.63, 3.8) is 0 Å². The molecule has 1 aliphatic rings. The number of non-ortho nitro benzene ring substituents is 1. The van der Waals surface area contributed by atoms with Gasteiger partial charge in [-0.05, 0) is 48.7 Å². The lowest BCUT2D eigenvalue weighted by atomic mass is 9.90. The van der Waals surface area contributed by atoms with Crippen LogP contribution in [0.3, 0.4) is 0 Å². The van der Waals surface area contributed by atoms with Crippen LogP contribution < -0.4 is 9.47 Å². The van der Waals surface area contributed by atoms with Crippen molar-refractivity contribution in [1.29, 1.82) is 0 Å². The van der Waals surface area contributed by atoms with Gasteiger partial charge in [0.2, 0.25) is 10.0 Å². The lowest BCUT2D eigenvalue weighted by Crippen LogP contribution is -2.45. The third kappa shape index (κ3) is 3.58. The van der Waals surface area contributed by atoms with Gasteiger partial charge in [0, 0.05) is 18.2 Å². The van der Waals surface area contributed by atoms with Crippen LogP contribution in [0.25, 0.3) is 0 Å². The molecule has 154 valence electrons. The van der Waals surface area contributed by atoms with Gasteiger partial charge in [-0.15, -0.1) is 6.58 Å². The van der Waals surface area contributed by atoms with E-state index in [9.17, 15) is 18.5 Å². The molecular weight excluding hydrogens is 396 g/mol. The first-order valence-corrected chi connectivity index (χ1v) is 10.3. The van der Waals surface area contributed by atoms with Gasteiger partial charge >= 0.3 is 0 Å². The topological polar surface area (TPSA) is 99.0 Å². The SMILES string of the molecule is C=CC1c2cc(OC)c(OC)cc2C[C@@H](C)N1S(=O)(=O)c1ccc([N+](=O)[O-])cc1. The van der Waals surface area contributed by atoms with E-state index in [1.807, 2.05) is 13.0 Å². The van der Waals surface area contributed by atoms with Crippen molar-refractivity contribution >= 4 is 15.7 Å². The van der Waals surface area contributed by atoms with E-state index >= 15 is 0 Å². The maximum Gasteiger partial charge on any atom is 0.269 e. The number of fused-ring (bicyclic) bond motifs is 1. The van der Waals surface area contributed by atoms with Gasteiger partial charge in [0.15, 0.2) is 11.5 Å². The largest absolute Gasteiger partial charge is 0.493 e. The molecule has 0 saturated heterocycles. The van der Waals surface area contributed by atoms with Crippen molar-refractivity contribution < 1.29 is 22.8 Å². The lowest BCUT2D eigenvalue weighted by Gasteiger charge is -2.39. The molecule has 29 heavy (non-hydrogen) atoms. The highest BCUT2D eigenvalue weighted by Gasteiger charge is 2.40. The Morgan fingerprint density at radius 3 is 2.28 bits per heavy atom. The summed E-state index contributed by atoms with van der Waals surface area (Å²) in [6, 6.07) is 7.53. The van der Waals surface area contributed by atoms with Crippen LogP contribution in [0, 0.1) is 10.1 Å². The number of nitrogens with zero attached hydrogens (tertiary/aromatic N) is 2. The van der Waals surface area contributed by atoms with Crippen molar-refractivity contribution in [2.75, 3.05) is 14.2 Å². The molecule has 0 amide bonds. The zero-order valence-corrected chi connectivity index (χ0v) is 17.2. The lowest BCUT2D eigenvalue weighted by molar-refractivity contribution is -0.384. The second kappa shape index (κ2) is 7.84. The van der Waals surface area contributed by atoms with Gasteiger partial charge in [0.1, 0.15) is 0 Å². The van der Waals surface area contributed by atoms with Gasteiger partial charge < -0.3 is 9.47 Å². The predicted molar refractivity (Wildman–Crippen MR) is 108 cm³/mol. The molecule has 0 N–H and O–H groups in total. The fourth-order valence-corrected chi connectivity index (χ4v) is 5.46. The summed E-state index contributed by atoms with van der Waals surface area (Å²) in [6.45, 7) is 5.66. The molecule has 0 spiro atoms. The van der Waals surface area contributed by atoms with Gasteiger partial charge in [0.05, 0.1) is 30.1 Å². The summed E-state index contributed by atoms with van der Waals surface area (Å²) in [4.78, 5) is 10.3. The summed E-state index contributed by atoms with van der Waals surface area (Å²) in [5.74, 6) is 1.08. The van der Waals surface area contributed by atoms with E-state index in [1.165, 1.54) is 35.7 Å². The summed E-state index contributed by atoms with van der Waals surface area (Å²) in [5, 5.41) is 10.9. The van der Waals surface area contributed by atoms with Crippen LogP contribution in [0.2, 0.25) is 0 Å². The number of nitro benzene ring substituents is 1. The number of hydrogen-bond donors (Lipinski definition) is 0. The van der Waals surface area contributed by atoms with Crippen LogP contribution in [-0.2, 0) is 16.4 Å². The van der Waals surface area contributed by atoms with E-state index in [2.05, 4.69) is 6.58 Å². The number of rotatable bonds is 6. The third-order valence-corrected chi connectivity index (χ3v) is 7.04. The highest BCUT2D eigenvalue weighted by atomic mass is 32.2. The number of sulfonamides is 1. The average molecular weight is 418 g/mol. The summed E-state index contributed by atoms with van der Waals surface area (Å²) >= 11 is 0. The molecule has 0 fully saturated rings. The minimum absolute atomic E-state index is 0.00859. The number of hydrogen-bond acceptors (Lipinski definition) is 6. The molecule has 0 aromatic heterocycles. The molecule has 0 bridgehead atoms. The van der Waals surface area contributed by atoms with E-state index in [0.717, 1.165) is 11.1 Å². The summed E-state index contributed by atoms with van der Waals surface area (Å²) in [6.07, 6.45) is 2.05. The van der Waals surface area contributed by atoms with Gasteiger partial charge in [-0.2, -0.15) is 4.31 Å². The quantitative estimate of drug-likeness (QED) is 0.405. The Morgan fingerprint density at radius 1 is 1.17 bits per heavy atom. The highest BCUT2D eigenvalue weighted by molar-refractivity contribution is 7.89. The molecule has 2 aromatic carbocycles. The molecule has 0 saturated carbocycles. The highest BCUT2D eigenvalue weighted by Crippen LogP contribution is 2.42. The Labute approximate surface area is 169 Å². The standard InChI is InChI=1S/C20H22N2O6S/c1-5-18-17-12-20(28-4)19(27-3)11-14(17)10-13(2)21(18)29(25,26)16-8-6-15(7-9-16)22(23)24/h5-9,11-13,18H,1,10H2,2-4H3/t13-,18?/m1/s1. The van der Waals surface area contributed by atoms with Crippen LogP contribution in [0.5, 0.6) is 11.5 Å². The Hall–Kier alpha value is -2.91. The second-order valence-electron chi connectivity index (χ2n) is 6.73. The van der Waals surface area contributed by atoms with Crippen LogP contribution in [0.15, 0.2) is 53.9 Å². The number of benzene rings is 2. The van der Waals surface area contributed by atoms with Crippen LogP contribution in [0.4, 0.5) is 5.69 Å². The first-order valence-electron chi connectivity index (χ1n) is 8.90. The predicted octanol–water partition coefficient (Wildman–Crippen LogP) is 3.47. The van der Waals surface area contributed by atoms with Crippen molar-refractivity contribution in [3.8, 4) is 11.5 Å². The Kier molecular flexibility index (Phi) is 5.63. The van der Waals surface area contributed by atoms with Crippen LogP contribution >= 0.6 is 0 Å². The summed E-state index contributed by atoms with van der Waals surface area (Å²) < 4.78 is 38.9. The van der Waals surface area contributed by atoms with Crippen LogP contribution in [-0.4, -0.2) is 37.9 Å². The minimum atomic E-state index is -3.93. The number of methoxy groups -OCH3 is 2. The molecular formula is C20H22N2O6S. The van der Waals surface area contributed by atoms with Crippen molar-refractivity contribution in [1.82, 2.24) is 4.31 Å². The van der Waals surface area contributed by atoms with Crippen molar-refractivity contribution in [3.05, 3.63) is 70.3 Å². The first kappa shape index (κ1) is 20.8. The maximum absolute atomic E-state index is 13.4. The minimum Gasteiger partial charge on any atom is -0.493 e. The Balaban J connectivity index is 2.10. The molecule has 0 aliphatic carbocycles. The molecule has 1 heterocycles. The van der Waals surface area contributed by atoms with E-state index < -0.39 is 21.0 Å². The van der Waals surface area contributed by atoms with Crippen molar-refractivity contribution in [2.24, 2.45) is 0 Å². The molecule has 0 radical (unpaired) electrons. The van der Waals surface area contributed by atoms with Crippen LogP contribution in [0.1, 0.15) is 24.1 Å². The van der Waals surface area contributed by atoms with Crippen molar-refractivity contribution in [2.45, 2.75) is 30.3 Å². The Morgan fingerprint density at radius 2 is 1.76 bits per heavy atom. The average Bonchev–Trinajstić information content (AvgIpc) is 2.71. The molecule has 8 nitrogen and oxygen atoms in total. The Bertz CT molecular complexity index is 1050. The normalized spacial score (nSPS) is 19.3. The zero-order valence-electron chi connectivity index (χ0n) is 16.4. The maximum atomic E-state index is 13.4. The second-order valence-corrected chi connectivity index (χ2v) is 8.57. The van der Waals surface area contributed by atoms with Gasteiger partial charge in [-0.1, -0.05) is 6.08 Å². The molecule has 1 unspecified atom stereocenters.